The fourth-order valence-corrected chi connectivity index (χ4v) is 1.71. The van der Waals surface area contributed by atoms with E-state index in [1.165, 1.54) is 12.1 Å². The molecule has 0 bridgehead atoms. The van der Waals surface area contributed by atoms with E-state index in [1.54, 1.807) is 24.5 Å². The van der Waals surface area contributed by atoms with Gasteiger partial charge >= 0.3 is 0 Å². The monoisotopic (exact) mass is 228 g/mol. The zero-order chi connectivity index (χ0) is 11.7. The Morgan fingerprint density at radius 2 is 1.94 bits per heavy atom. The van der Waals surface area contributed by atoms with E-state index in [9.17, 15) is 4.39 Å². The van der Waals surface area contributed by atoms with Crippen LogP contribution in [0.3, 0.4) is 0 Å². The Morgan fingerprint density at radius 3 is 2.76 bits per heavy atom. The molecule has 0 N–H and O–H groups in total. The van der Waals surface area contributed by atoms with Crippen molar-refractivity contribution >= 4 is 5.65 Å². The van der Waals surface area contributed by atoms with Gasteiger partial charge in [-0.15, -0.1) is 10.2 Å². The normalized spacial score (nSPS) is 10.9. The van der Waals surface area contributed by atoms with Crippen molar-refractivity contribution in [2.75, 3.05) is 0 Å². The van der Waals surface area contributed by atoms with Gasteiger partial charge in [0.25, 0.3) is 0 Å². The molecule has 1 aromatic carbocycles. The molecule has 0 aliphatic rings. The number of halogens is 1. The molecule has 0 atom stereocenters. The van der Waals surface area contributed by atoms with Crippen molar-refractivity contribution in [2.45, 2.75) is 6.42 Å². The van der Waals surface area contributed by atoms with E-state index in [-0.39, 0.29) is 5.82 Å². The van der Waals surface area contributed by atoms with Gasteiger partial charge in [-0.1, -0.05) is 12.1 Å². The van der Waals surface area contributed by atoms with Gasteiger partial charge in [0.1, 0.15) is 11.6 Å². The Labute approximate surface area is 96.8 Å². The van der Waals surface area contributed by atoms with Gasteiger partial charge in [0, 0.05) is 18.8 Å². The predicted octanol–water partition coefficient (Wildman–Crippen LogP) is 1.85. The van der Waals surface area contributed by atoms with Gasteiger partial charge in [0.15, 0.2) is 5.65 Å². The maximum absolute atomic E-state index is 12.8. The second-order valence-electron chi connectivity index (χ2n) is 3.72. The molecule has 0 spiro atoms. The van der Waals surface area contributed by atoms with E-state index < -0.39 is 0 Å². The summed E-state index contributed by atoms with van der Waals surface area (Å²) in [5.74, 6) is 0.582. The van der Waals surface area contributed by atoms with Crippen LogP contribution in [-0.4, -0.2) is 19.6 Å². The Kier molecular flexibility index (Phi) is 2.29. The van der Waals surface area contributed by atoms with E-state index >= 15 is 0 Å². The summed E-state index contributed by atoms with van der Waals surface area (Å²) in [6.45, 7) is 0. The minimum absolute atomic E-state index is 0.232. The highest BCUT2D eigenvalue weighted by Crippen LogP contribution is 2.09. The standard InChI is InChI=1S/C12H9FN4/c13-10-3-1-9(2-4-10)7-11-15-16-12-8-14-5-6-17(11)12/h1-6,8H,7H2. The van der Waals surface area contributed by atoms with Crippen molar-refractivity contribution in [3.05, 3.63) is 60.1 Å². The minimum atomic E-state index is -0.232. The second kappa shape index (κ2) is 3.93. The van der Waals surface area contributed by atoms with Crippen LogP contribution in [0.5, 0.6) is 0 Å². The van der Waals surface area contributed by atoms with Gasteiger partial charge in [-0.25, -0.2) is 4.39 Å². The number of nitrogens with zero attached hydrogens (tertiary/aromatic N) is 4. The molecule has 4 nitrogen and oxygen atoms in total. The number of hydrogen-bond donors (Lipinski definition) is 0. The van der Waals surface area contributed by atoms with Crippen LogP contribution in [0.2, 0.25) is 0 Å². The molecule has 0 saturated heterocycles. The van der Waals surface area contributed by atoms with Crippen molar-refractivity contribution in [3.63, 3.8) is 0 Å². The van der Waals surface area contributed by atoms with Gasteiger partial charge in [0.05, 0.1) is 6.20 Å². The molecule has 2 aromatic heterocycles. The smallest absolute Gasteiger partial charge is 0.179 e. The van der Waals surface area contributed by atoms with E-state index in [1.807, 2.05) is 10.6 Å². The van der Waals surface area contributed by atoms with E-state index in [4.69, 9.17) is 0 Å². The Morgan fingerprint density at radius 1 is 1.12 bits per heavy atom. The molecule has 0 fully saturated rings. The first-order valence-corrected chi connectivity index (χ1v) is 5.21. The lowest BCUT2D eigenvalue weighted by Crippen LogP contribution is -1.96. The fourth-order valence-electron chi connectivity index (χ4n) is 1.71. The summed E-state index contributed by atoms with van der Waals surface area (Å²) in [5, 5.41) is 8.10. The van der Waals surface area contributed by atoms with Crippen molar-refractivity contribution in [1.82, 2.24) is 19.6 Å². The largest absolute Gasteiger partial charge is 0.283 e. The topological polar surface area (TPSA) is 43.1 Å². The van der Waals surface area contributed by atoms with E-state index in [2.05, 4.69) is 15.2 Å². The molecule has 17 heavy (non-hydrogen) atoms. The quantitative estimate of drug-likeness (QED) is 0.672. The van der Waals surface area contributed by atoms with Crippen LogP contribution in [0.15, 0.2) is 42.9 Å². The first kappa shape index (κ1) is 9.89. The number of hydrogen-bond acceptors (Lipinski definition) is 3. The molecule has 2 heterocycles. The SMILES string of the molecule is Fc1ccc(Cc2nnc3cnccn23)cc1. The molecule has 3 aromatic rings. The Balaban J connectivity index is 1.97. The van der Waals surface area contributed by atoms with Gasteiger partial charge < -0.3 is 0 Å². The summed E-state index contributed by atoms with van der Waals surface area (Å²) in [7, 11) is 0. The van der Waals surface area contributed by atoms with Gasteiger partial charge in [-0.2, -0.15) is 0 Å². The summed E-state index contributed by atoms with van der Waals surface area (Å²) in [5.41, 5.74) is 1.71. The number of aromatic nitrogens is 4. The second-order valence-corrected chi connectivity index (χ2v) is 3.72. The summed E-state index contributed by atoms with van der Waals surface area (Å²) >= 11 is 0. The first-order valence-electron chi connectivity index (χ1n) is 5.21. The molecule has 0 aliphatic heterocycles. The molecule has 0 unspecified atom stereocenters. The van der Waals surface area contributed by atoms with Crippen LogP contribution in [-0.2, 0) is 6.42 Å². The maximum Gasteiger partial charge on any atom is 0.179 e. The van der Waals surface area contributed by atoms with Crippen molar-refractivity contribution < 1.29 is 4.39 Å². The number of benzene rings is 1. The lowest BCUT2D eigenvalue weighted by Gasteiger charge is -1.99. The molecule has 5 heteroatoms. The summed E-state index contributed by atoms with van der Waals surface area (Å²) < 4.78 is 14.6. The molecular formula is C12H9FN4. The molecule has 84 valence electrons. The minimum Gasteiger partial charge on any atom is -0.283 e. The zero-order valence-corrected chi connectivity index (χ0v) is 8.92. The van der Waals surface area contributed by atoms with Crippen molar-refractivity contribution in [3.8, 4) is 0 Å². The molecule has 0 radical (unpaired) electrons. The summed E-state index contributed by atoms with van der Waals surface area (Å²) in [6.07, 6.45) is 5.77. The highest BCUT2D eigenvalue weighted by molar-refractivity contribution is 5.35. The highest BCUT2D eigenvalue weighted by atomic mass is 19.1. The third kappa shape index (κ3) is 1.87. The van der Waals surface area contributed by atoms with Crippen LogP contribution in [0, 0.1) is 5.82 Å². The number of fused-ring (bicyclic) bond motifs is 1. The van der Waals surface area contributed by atoms with Crippen LogP contribution in [0.25, 0.3) is 5.65 Å². The average molecular weight is 228 g/mol. The Hall–Kier alpha value is -2.30. The molecular weight excluding hydrogens is 219 g/mol. The third-order valence-electron chi connectivity index (χ3n) is 2.56. The van der Waals surface area contributed by atoms with Crippen LogP contribution >= 0.6 is 0 Å². The first-order chi connectivity index (χ1) is 8.33. The van der Waals surface area contributed by atoms with E-state index in [0.717, 1.165) is 11.4 Å². The zero-order valence-electron chi connectivity index (χ0n) is 8.92. The number of rotatable bonds is 2. The van der Waals surface area contributed by atoms with Crippen molar-refractivity contribution in [1.29, 1.82) is 0 Å². The average Bonchev–Trinajstić information content (AvgIpc) is 2.76. The van der Waals surface area contributed by atoms with Crippen LogP contribution < -0.4 is 0 Å². The highest BCUT2D eigenvalue weighted by Gasteiger charge is 2.05. The molecule has 0 amide bonds. The third-order valence-corrected chi connectivity index (χ3v) is 2.56. The lowest BCUT2D eigenvalue weighted by atomic mass is 10.1. The molecule has 0 saturated carbocycles. The van der Waals surface area contributed by atoms with Crippen LogP contribution in [0.1, 0.15) is 11.4 Å². The summed E-state index contributed by atoms with van der Waals surface area (Å²) in [4.78, 5) is 3.97. The van der Waals surface area contributed by atoms with Gasteiger partial charge in [-0.05, 0) is 17.7 Å². The fraction of sp³-hybridized carbons (Fsp3) is 0.0833. The van der Waals surface area contributed by atoms with Crippen LogP contribution in [0.4, 0.5) is 4.39 Å². The summed E-state index contributed by atoms with van der Waals surface area (Å²) in [6, 6.07) is 6.38. The Bertz CT molecular complexity index is 645. The lowest BCUT2D eigenvalue weighted by molar-refractivity contribution is 0.627. The van der Waals surface area contributed by atoms with Crippen molar-refractivity contribution in [2.24, 2.45) is 0 Å². The van der Waals surface area contributed by atoms with Gasteiger partial charge in [0.2, 0.25) is 0 Å². The molecule has 3 rings (SSSR count). The van der Waals surface area contributed by atoms with E-state index in [0.29, 0.717) is 12.1 Å². The molecule has 0 aliphatic carbocycles. The van der Waals surface area contributed by atoms with Gasteiger partial charge in [-0.3, -0.25) is 9.38 Å². The maximum atomic E-state index is 12.8. The predicted molar refractivity (Wildman–Crippen MR) is 60.0 cm³/mol.